The van der Waals surface area contributed by atoms with Gasteiger partial charge in [0.2, 0.25) is 0 Å². The Kier molecular flexibility index (Phi) is 12.3. The van der Waals surface area contributed by atoms with Gasteiger partial charge in [0.05, 0.1) is 22.0 Å². The van der Waals surface area contributed by atoms with Gasteiger partial charge in [-0.3, -0.25) is 9.80 Å². The molecule has 0 radical (unpaired) electrons. The SMILES string of the molecule is CCN(CC)Cc1sc(Cc2cc(N3CCN(CCC(=O)[O-])CC3)nc(C)n2)nc1-c1cc(F)cc(C(F)(F)F)c1.[Na+]. The van der Waals surface area contributed by atoms with Crippen molar-refractivity contribution in [3.05, 3.63) is 57.0 Å². The summed E-state index contributed by atoms with van der Waals surface area (Å²) in [6.07, 6.45) is -4.34. The number of anilines is 1. The summed E-state index contributed by atoms with van der Waals surface area (Å²) < 4.78 is 54.7. The van der Waals surface area contributed by atoms with E-state index in [1.807, 2.05) is 19.9 Å². The average Bonchev–Trinajstić information content (AvgIpc) is 3.31. The van der Waals surface area contributed by atoms with Crippen LogP contribution in [0.2, 0.25) is 0 Å². The number of alkyl halides is 3. The van der Waals surface area contributed by atoms with Crippen molar-refractivity contribution in [2.45, 2.75) is 46.3 Å². The number of carboxylic acid groups (broad SMARTS) is 1. The van der Waals surface area contributed by atoms with Gasteiger partial charge in [0, 0.05) is 68.2 Å². The van der Waals surface area contributed by atoms with Crippen molar-refractivity contribution in [1.82, 2.24) is 24.8 Å². The molecule has 0 saturated carbocycles. The van der Waals surface area contributed by atoms with Crippen LogP contribution in [-0.2, 0) is 23.9 Å². The first-order valence-corrected chi connectivity index (χ1v) is 14.4. The van der Waals surface area contributed by atoms with Crippen molar-refractivity contribution in [3.8, 4) is 11.3 Å². The fraction of sp³-hybridized carbons (Fsp3) is 0.500. The number of halogens is 4. The van der Waals surface area contributed by atoms with Crippen LogP contribution in [0.1, 0.15) is 47.2 Å². The molecule has 14 heteroatoms. The molecule has 3 aromatic rings. The monoisotopic (exact) mass is 616 g/mol. The smallest absolute Gasteiger partial charge is 0.550 e. The van der Waals surface area contributed by atoms with E-state index in [0.29, 0.717) is 68.3 Å². The van der Waals surface area contributed by atoms with Gasteiger partial charge in [-0.25, -0.2) is 19.3 Å². The fourth-order valence-electron chi connectivity index (χ4n) is 4.82. The van der Waals surface area contributed by atoms with E-state index in [4.69, 9.17) is 4.98 Å². The number of carbonyl (C=O) groups excluding carboxylic acids is 1. The van der Waals surface area contributed by atoms with Crippen LogP contribution in [0.3, 0.4) is 0 Å². The first kappa shape index (κ1) is 34.3. The number of carboxylic acids is 1. The van der Waals surface area contributed by atoms with Crippen molar-refractivity contribution in [2.75, 3.05) is 50.7 Å². The summed E-state index contributed by atoms with van der Waals surface area (Å²) in [6.45, 7) is 11.0. The second-order valence-corrected chi connectivity index (χ2v) is 11.1. The van der Waals surface area contributed by atoms with E-state index in [-0.39, 0.29) is 41.5 Å². The van der Waals surface area contributed by atoms with Crippen LogP contribution in [0, 0.1) is 12.7 Å². The number of piperazine rings is 1. The number of nitrogens with zero attached hydrogens (tertiary/aromatic N) is 6. The van der Waals surface area contributed by atoms with Crippen LogP contribution in [0.25, 0.3) is 11.3 Å². The molecule has 0 spiro atoms. The molecule has 1 aliphatic rings. The number of rotatable bonds is 11. The second kappa shape index (κ2) is 15.0. The van der Waals surface area contributed by atoms with E-state index in [1.165, 1.54) is 11.3 Å². The third-order valence-corrected chi connectivity index (χ3v) is 8.08. The van der Waals surface area contributed by atoms with Crippen LogP contribution in [0.15, 0.2) is 24.3 Å². The first-order chi connectivity index (χ1) is 19.4. The Morgan fingerprint density at radius 3 is 2.36 bits per heavy atom. The number of aryl methyl sites for hydroxylation is 1. The summed E-state index contributed by atoms with van der Waals surface area (Å²) in [5, 5.41) is 11.4. The maximum absolute atomic E-state index is 14.3. The minimum absolute atomic E-state index is 0. The molecule has 42 heavy (non-hydrogen) atoms. The summed E-state index contributed by atoms with van der Waals surface area (Å²) in [5.41, 5.74) is 0.113. The molecule has 8 nitrogen and oxygen atoms in total. The summed E-state index contributed by atoms with van der Waals surface area (Å²) in [5.74, 6) is -0.689. The number of carbonyl (C=O) groups is 1. The minimum Gasteiger partial charge on any atom is -0.550 e. The van der Waals surface area contributed by atoms with Crippen molar-refractivity contribution in [2.24, 2.45) is 0 Å². The molecule has 0 amide bonds. The average molecular weight is 617 g/mol. The van der Waals surface area contributed by atoms with Crippen LogP contribution in [-0.4, -0.2) is 76.5 Å². The second-order valence-electron chi connectivity index (χ2n) is 9.96. The minimum atomic E-state index is -4.68. The molecular weight excluding hydrogens is 583 g/mol. The third-order valence-electron chi connectivity index (χ3n) is 7.04. The number of thiazole rings is 1. The third kappa shape index (κ3) is 9.17. The normalized spacial score (nSPS) is 14.3. The van der Waals surface area contributed by atoms with E-state index >= 15 is 0 Å². The Balaban J connectivity index is 0.00000484. The van der Waals surface area contributed by atoms with Crippen LogP contribution in [0.5, 0.6) is 0 Å². The van der Waals surface area contributed by atoms with Gasteiger partial charge in [0.15, 0.2) is 0 Å². The number of hydrogen-bond acceptors (Lipinski definition) is 9. The van der Waals surface area contributed by atoms with Gasteiger partial charge in [0.1, 0.15) is 17.5 Å². The van der Waals surface area contributed by atoms with Crippen LogP contribution < -0.4 is 39.6 Å². The number of aromatic nitrogens is 3. The summed E-state index contributed by atoms with van der Waals surface area (Å²) in [4.78, 5) is 31.7. The zero-order valence-corrected chi connectivity index (χ0v) is 27.1. The van der Waals surface area contributed by atoms with Gasteiger partial charge in [-0.1, -0.05) is 13.8 Å². The molecule has 0 atom stereocenters. The Hall–Kier alpha value is -2.16. The Morgan fingerprint density at radius 1 is 1.05 bits per heavy atom. The molecule has 222 valence electrons. The molecule has 1 aromatic carbocycles. The number of aliphatic carboxylic acids is 1. The number of hydrogen-bond donors (Lipinski definition) is 0. The zero-order valence-electron chi connectivity index (χ0n) is 24.3. The van der Waals surface area contributed by atoms with Crippen molar-refractivity contribution in [1.29, 1.82) is 0 Å². The predicted molar refractivity (Wildman–Crippen MR) is 147 cm³/mol. The van der Waals surface area contributed by atoms with E-state index in [0.717, 1.165) is 41.6 Å². The van der Waals surface area contributed by atoms with E-state index in [2.05, 4.69) is 24.7 Å². The molecule has 0 unspecified atom stereocenters. The van der Waals surface area contributed by atoms with E-state index in [9.17, 15) is 27.5 Å². The maximum atomic E-state index is 14.3. The van der Waals surface area contributed by atoms with Gasteiger partial charge in [-0.05, 0) is 44.6 Å². The Labute approximate surface area is 269 Å². The van der Waals surface area contributed by atoms with Crippen molar-refractivity contribution < 1.29 is 57.0 Å². The Bertz CT molecular complexity index is 1360. The molecule has 1 aliphatic heterocycles. The zero-order chi connectivity index (χ0) is 29.7. The molecule has 0 aliphatic carbocycles. The van der Waals surface area contributed by atoms with Gasteiger partial charge >= 0.3 is 35.7 Å². The summed E-state index contributed by atoms with van der Waals surface area (Å²) in [7, 11) is 0. The van der Waals surface area contributed by atoms with Crippen molar-refractivity contribution in [3.63, 3.8) is 0 Å². The van der Waals surface area contributed by atoms with E-state index < -0.39 is 23.5 Å². The van der Waals surface area contributed by atoms with Gasteiger partial charge < -0.3 is 14.8 Å². The quantitative estimate of drug-likeness (QED) is 0.231. The molecule has 1 saturated heterocycles. The summed E-state index contributed by atoms with van der Waals surface area (Å²) in [6, 6.07) is 4.43. The largest absolute Gasteiger partial charge is 1.00 e. The number of benzene rings is 1. The first-order valence-electron chi connectivity index (χ1n) is 13.6. The molecule has 3 heterocycles. The molecule has 2 aromatic heterocycles. The van der Waals surface area contributed by atoms with Crippen LogP contribution in [0.4, 0.5) is 23.4 Å². The summed E-state index contributed by atoms with van der Waals surface area (Å²) >= 11 is 1.39. The van der Waals surface area contributed by atoms with Gasteiger partial charge in [0.25, 0.3) is 0 Å². The van der Waals surface area contributed by atoms with Gasteiger partial charge in [-0.2, -0.15) is 13.2 Å². The molecule has 4 rings (SSSR count). The molecule has 1 fully saturated rings. The molecular formula is C28H33F4N6NaO2S. The predicted octanol–water partition coefficient (Wildman–Crippen LogP) is 0.765. The topological polar surface area (TPSA) is 88.5 Å². The van der Waals surface area contributed by atoms with Crippen molar-refractivity contribution >= 4 is 23.1 Å². The molecule has 0 N–H and O–H groups in total. The van der Waals surface area contributed by atoms with Crippen LogP contribution >= 0.6 is 11.3 Å². The Morgan fingerprint density at radius 2 is 1.74 bits per heavy atom. The standard InChI is InChI=1S/C28H34F4N6O2S.Na/c1-4-36(5-2)17-23-27(19-12-20(28(30,31)32)14-21(29)13-19)35-25(41-23)16-22-15-24(34-18(3)33-22)38-10-8-37(9-11-38)7-6-26(39)40;/h12-15H,4-11,16-17H2,1-3H3,(H,39,40);/q;+1/p-1. The molecule has 0 bridgehead atoms. The van der Waals surface area contributed by atoms with Gasteiger partial charge in [-0.15, -0.1) is 11.3 Å². The fourth-order valence-corrected chi connectivity index (χ4v) is 5.97. The van der Waals surface area contributed by atoms with E-state index in [1.54, 1.807) is 6.92 Å². The maximum Gasteiger partial charge on any atom is 1.00 e.